The van der Waals surface area contributed by atoms with Gasteiger partial charge in [-0.2, -0.15) is 0 Å². The molecule has 2 rings (SSSR count). The van der Waals surface area contributed by atoms with Crippen LogP contribution in [-0.2, 0) is 4.74 Å². The molecule has 1 heterocycles. The summed E-state index contributed by atoms with van der Waals surface area (Å²) < 4.78 is 18.9. The molecule has 0 radical (unpaired) electrons. The lowest BCUT2D eigenvalue weighted by Gasteiger charge is -2.34. The minimum atomic E-state index is -0.750. The van der Waals surface area contributed by atoms with Crippen molar-refractivity contribution >= 4 is 11.7 Å². The van der Waals surface area contributed by atoms with Gasteiger partial charge in [0, 0.05) is 19.3 Å². The number of halogens is 1. The Morgan fingerprint density at radius 3 is 2.94 bits per heavy atom. The van der Waals surface area contributed by atoms with E-state index in [1.54, 1.807) is 7.11 Å². The molecular formula is C11H15FN4O2. The van der Waals surface area contributed by atoms with Gasteiger partial charge in [-0.25, -0.2) is 15.2 Å². The number of hydrazine groups is 1. The topological polar surface area (TPSA) is 89.3 Å². The average molecular weight is 254 g/mol. The van der Waals surface area contributed by atoms with Gasteiger partial charge in [0.15, 0.2) is 11.6 Å². The smallest absolute Gasteiger partial charge is 0.254 e. The SMILES string of the molecule is COC1CC(NC(=O)c2ccnc(NN)c2F)C1. The molecule has 0 bridgehead atoms. The standard InChI is InChI=1S/C11H15FN4O2/c1-18-7-4-6(5-7)15-11(17)8-2-3-14-10(16-13)9(8)12/h2-3,6-7H,4-5,13H2,1H3,(H,14,16)(H,15,17). The second-order valence-electron chi connectivity index (χ2n) is 4.16. The van der Waals surface area contributed by atoms with Crippen molar-refractivity contribution in [2.75, 3.05) is 12.5 Å². The van der Waals surface area contributed by atoms with Crippen molar-refractivity contribution in [3.63, 3.8) is 0 Å². The Morgan fingerprint density at radius 2 is 2.33 bits per heavy atom. The summed E-state index contributed by atoms with van der Waals surface area (Å²) in [6.45, 7) is 0. The molecule has 1 aliphatic rings. The molecule has 98 valence electrons. The van der Waals surface area contributed by atoms with E-state index in [2.05, 4.69) is 15.7 Å². The Hall–Kier alpha value is -1.73. The molecule has 0 saturated heterocycles. The molecule has 1 aromatic rings. The Kier molecular flexibility index (Phi) is 3.73. The number of ether oxygens (including phenoxy) is 1. The van der Waals surface area contributed by atoms with Gasteiger partial charge in [-0.1, -0.05) is 0 Å². The fourth-order valence-corrected chi connectivity index (χ4v) is 1.86. The van der Waals surface area contributed by atoms with E-state index in [1.807, 2.05) is 0 Å². The highest BCUT2D eigenvalue weighted by Crippen LogP contribution is 2.23. The van der Waals surface area contributed by atoms with E-state index in [-0.39, 0.29) is 23.5 Å². The fourth-order valence-electron chi connectivity index (χ4n) is 1.86. The monoisotopic (exact) mass is 254 g/mol. The predicted octanol–water partition coefficient (Wildman–Crippen LogP) is 0.413. The number of hydrogen-bond donors (Lipinski definition) is 3. The molecule has 1 aromatic heterocycles. The maximum absolute atomic E-state index is 13.7. The van der Waals surface area contributed by atoms with E-state index in [0.717, 1.165) is 12.8 Å². The maximum Gasteiger partial charge on any atom is 0.254 e. The first-order valence-electron chi connectivity index (χ1n) is 5.60. The minimum Gasteiger partial charge on any atom is -0.381 e. The number of hydrogen-bond acceptors (Lipinski definition) is 5. The lowest BCUT2D eigenvalue weighted by molar-refractivity contribution is 0.0175. The molecule has 1 amide bonds. The largest absolute Gasteiger partial charge is 0.381 e. The highest BCUT2D eigenvalue weighted by Gasteiger charge is 2.31. The van der Waals surface area contributed by atoms with Gasteiger partial charge in [-0.05, 0) is 18.9 Å². The summed E-state index contributed by atoms with van der Waals surface area (Å²) in [5.74, 6) is 3.73. The molecule has 4 N–H and O–H groups in total. The van der Waals surface area contributed by atoms with Crippen LogP contribution in [0, 0.1) is 5.82 Å². The molecule has 6 nitrogen and oxygen atoms in total. The summed E-state index contributed by atoms with van der Waals surface area (Å²) in [6.07, 6.45) is 3.00. The number of carbonyl (C=O) groups excluding carboxylic acids is 1. The first-order chi connectivity index (χ1) is 8.65. The first kappa shape index (κ1) is 12.7. The van der Waals surface area contributed by atoms with Crippen molar-refractivity contribution in [2.45, 2.75) is 25.0 Å². The molecule has 0 spiro atoms. The lowest BCUT2D eigenvalue weighted by atomic mass is 9.89. The van der Waals surface area contributed by atoms with Gasteiger partial charge in [0.25, 0.3) is 5.91 Å². The number of nitrogen functional groups attached to an aromatic ring is 1. The van der Waals surface area contributed by atoms with E-state index in [4.69, 9.17) is 10.6 Å². The van der Waals surface area contributed by atoms with Crippen LogP contribution in [-0.4, -0.2) is 30.1 Å². The number of amides is 1. The van der Waals surface area contributed by atoms with Crippen LogP contribution in [0.2, 0.25) is 0 Å². The van der Waals surface area contributed by atoms with Crippen molar-refractivity contribution in [2.24, 2.45) is 5.84 Å². The summed E-state index contributed by atoms with van der Waals surface area (Å²) in [5, 5.41) is 2.73. The zero-order valence-electron chi connectivity index (χ0n) is 9.94. The van der Waals surface area contributed by atoms with Crippen molar-refractivity contribution in [3.8, 4) is 0 Å². The average Bonchev–Trinajstić information content (AvgIpc) is 2.33. The van der Waals surface area contributed by atoms with Crippen LogP contribution in [0.5, 0.6) is 0 Å². The Balaban J connectivity index is 2.01. The van der Waals surface area contributed by atoms with Crippen LogP contribution in [0.1, 0.15) is 23.2 Å². The molecule has 7 heteroatoms. The van der Waals surface area contributed by atoms with Gasteiger partial charge in [0.1, 0.15) is 0 Å². The van der Waals surface area contributed by atoms with Crippen LogP contribution in [0.4, 0.5) is 10.2 Å². The molecular weight excluding hydrogens is 239 g/mol. The molecule has 0 unspecified atom stereocenters. The van der Waals surface area contributed by atoms with Crippen molar-refractivity contribution in [1.29, 1.82) is 0 Å². The number of nitrogens with zero attached hydrogens (tertiary/aromatic N) is 1. The highest BCUT2D eigenvalue weighted by atomic mass is 19.1. The molecule has 0 aromatic carbocycles. The van der Waals surface area contributed by atoms with Gasteiger partial charge in [-0.15, -0.1) is 0 Å². The summed E-state index contributed by atoms with van der Waals surface area (Å²) in [7, 11) is 1.63. The number of rotatable bonds is 4. The highest BCUT2D eigenvalue weighted by molar-refractivity contribution is 5.95. The number of aromatic nitrogens is 1. The predicted molar refractivity (Wildman–Crippen MR) is 63.3 cm³/mol. The molecule has 1 fully saturated rings. The van der Waals surface area contributed by atoms with E-state index in [0.29, 0.717) is 0 Å². The van der Waals surface area contributed by atoms with Gasteiger partial charge in [0.2, 0.25) is 0 Å². The van der Waals surface area contributed by atoms with E-state index < -0.39 is 11.7 Å². The van der Waals surface area contributed by atoms with E-state index in [1.165, 1.54) is 12.3 Å². The summed E-state index contributed by atoms with van der Waals surface area (Å²) >= 11 is 0. The third-order valence-corrected chi connectivity index (χ3v) is 3.03. The zero-order chi connectivity index (χ0) is 13.1. The van der Waals surface area contributed by atoms with E-state index >= 15 is 0 Å². The molecule has 1 aliphatic carbocycles. The molecule has 18 heavy (non-hydrogen) atoms. The summed E-state index contributed by atoms with van der Waals surface area (Å²) in [4.78, 5) is 15.5. The number of nitrogens with two attached hydrogens (primary N) is 1. The van der Waals surface area contributed by atoms with Crippen LogP contribution in [0.3, 0.4) is 0 Å². The first-order valence-corrected chi connectivity index (χ1v) is 5.60. The van der Waals surface area contributed by atoms with E-state index in [9.17, 15) is 9.18 Å². The summed E-state index contributed by atoms with van der Waals surface area (Å²) in [6, 6.07) is 1.35. The third-order valence-electron chi connectivity index (χ3n) is 3.03. The Labute approximate surface area is 104 Å². The van der Waals surface area contributed by atoms with Crippen LogP contribution in [0.25, 0.3) is 0 Å². The summed E-state index contributed by atoms with van der Waals surface area (Å²) in [5.41, 5.74) is 2.03. The Bertz CT molecular complexity index is 449. The quantitative estimate of drug-likeness (QED) is 0.535. The Morgan fingerprint density at radius 1 is 1.61 bits per heavy atom. The number of anilines is 1. The second-order valence-corrected chi connectivity index (χ2v) is 4.16. The van der Waals surface area contributed by atoms with Gasteiger partial charge in [-0.3, -0.25) is 4.79 Å². The van der Waals surface area contributed by atoms with Gasteiger partial charge < -0.3 is 15.5 Å². The second kappa shape index (κ2) is 5.28. The van der Waals surface area contributed by atoms with Crippen LogP contribution in [0.15, 0.2) is 12.3 Å². The zero-order valence-corrected chi connectivity index (χ0v) is 9.94. The number of methoxy groups -OCH3 is 1. The number of carbonyl (C=O) groups is 1. The third kappa shape index (κ3) is 2.41. The van der Waals surface area contributed by atoms with Crippen LogP contribution < -0.4 is 16.6 Å². The van der Waals surface area contributed by atoms with Crippen molar-refractivity contribution in [3.05, 3.63) is 23.6 Å². The van der Waals surface area contributed by atoms with Gasteiger partial charge >= 0.3 is 0 Å². The van der Waals surface area contributed by atoms with Gasteiger partial charge in [0.05, 0.1) is 11.7 Å². The van der Waals surface area contributed by atoms with Crippen LogP contribution >= 0.6 is 0 Å². The maximum atomic E-state index is 13.7. The number of pyridine rings is 1. The normalized spacial score (nSPS) is 22.2. The lowest BCUT2D eigenvalue weighted by Crippen LogP contribution is -2.47. The number of nitrogens with one attached hydrogen (secondary N) is 2. The van der Waals surface area contributed by atoms with Crippen molar-refractivity contribution in [1.82, 2.24) is 10.3 Å². The molecule has 0 atom stereocenters. The molecule has 1 saturated carbocycles. The fraction of sp³-hybridized carbons (Fsp3) is 0.455. The van der Waals surface area contributed by atoms with Crippen molar-refractivity contribution < 1.29 is 13.9 Å². The molecule has 0 aliphatic heterocycles. The minimum absolute atomic E-state index is 0.0318.